The van der Waals surface area contributed by atoms with E-state index in [0.717, 1.165) is 4.88 Å². The van der Waals surface area contributed by atoms with Gasteiger partial charge in [-0.1, -0.05) is 0 Å². The van der Waals surface area contributed by atoms with Gasteiger partial charge in [0.05, 0.1) is 5.56 Å². The molecule has 0 aliphatic carbocycles. The first-order valence-electron chi connectivity index (χ1n) is 3.16. The molecule has 0 atom stereocenters. The maximum atomic E-state index is 10.5. The van der Waals surface area contributed by atoms with Crippen molar-refractivity contribution in [2.24, 2.45) is 0 Å². The van der Waals surface area contributed by atoms with Crippen LogP contribution in [0.2, 0.25) is 0 Å². The smallest absolute Gasteiger partial charge is 0.336 e. The molecule has 0 spiro atoms. The van der Waals surface area contributed by atoms with Crippen molar-refractivity contribution in [3.63, 3.8) is 0 Å². The van der Waals surface area contributed by atoms with E-state index in [1.165, 1.54) is 11.3 Å². The number of aliphatic hydroxyl groups excluding tert-OH is 1. The predicted molar refractivity (Wildman–Crippen MR) is 42.1 cm³/mol. The summed E-state index contributed by atoms with van der Waals surface area (Å²) in [5, 5.41) is 18.9. The second-order valence-corrected chi connectivity index (χ2v) is 3.04. The van der Waals surface area contributed by atoms with Crippen molar-refractivity contribution in [3.05, 3.63) is 21.9 Å². The van der Waals surface area contributed by atoms with Crippen LogP contribution in [0.4, 0.5) is 0 Å². The van der Waals surface area contributed by atoms with Crippen LogP contribution < -0.4 is 0 Å². The molecule has 0 bridgehead atoms. The molecule has 11 heavy (non-hydrogen) atoms. The summed E-state index contributed by atoms with van der Waals surface area (Å²) in [5.74, 6) is -0.922. The average molecular weight is 172 g/mol. The topological polar surface area (TPSA) is 57.5 Å². The van der Waals surface area contributed by atoms with Crippen LogP contribution in [0, 0.1) is 0 Å². The van der Waals surface area contributed by atoms with Crippen LogP contribution in [0.25, 0.3) is 0 Å². The van der Waals surface area contributed by atoms with Gasteiger partial charge in [0.15, 0.2) is 0 Å². The Bertz CT molecular complexity index is 254. The molecule has 0 unspecified atom stereocenters. The van der Waals surface area contributed by atoms with E-state index in [2.05, 4.69) is 0 Å². The molecular weight excluding hydrogens is 164 g/mol. The third-order valence-electron chi connectivity index (χ3n) is 1.31. The number of aromatic carboxylic acids is 1. The zero-order chi connectivity index (χ0) is 8.27. The Hall–Kier alpha value is -0.870. The molecule has 60 valence electrons. The molecule has 1 heterocycles. The van der Waals surface area contributed by atoms with Crippen molar-refractivity contribution < 1.29 is 15.0 Å². The molecule has 0 aliphatic rings. The molecule has 0 aliphatic heterocycles. The number of rotatable bonds is 3. The van der Waals surface area contributed by atoms with Gasteiger partial charge in [-0.05, 0) is 11.4 Å². The second kappa shape index (κ2) is 3.50. The van der Waals surface area contributed by atoms with Crippen LogP contribution in [0.15, 0.2) is 11.4 Å². The largest absolute Gasteiger partial charge is 0.478 e. The number of carboxylic acids is 1. The summed E-state index contributed by atoms with van der Waals surface area (Å²) < 4.78 is 0. The maximum absolute atomic E-state index is 10.5. The van der Waals surface area contributed by atoms with E-state index >= 15 is 0 Å². The normalized spacial score (nSPS) is 9.91. The van der Waals surface area contributed by atoms with Crippen LogP contribution in [0.5, 0.6) is 0 Å². The minimum Gasteiger partial charge on any atom is -0.478 e. The highest BCUT2D eigenvalue weighted by atomic mass is 32.1. The van der Waals surface area contributed by atoms with Gasteiger partial charge in [0.25, 0.3) is 0 Å². The SMILES string of the molecule is O=C(O)c1ccsc1CCO. The number of hydrogen-bond acceptors (Lipinski definition) is 3. The molecule has 0 saturated carbocycles. The molecule has 0 fully saturated rings. The highest BCUT2D eigenvalue weighted by Crippen LogP contribution is 2.16. The number of carbonyl (C=O) groups is 1. The van der Waals surface area contributed by atoms with E-state index in [-0.39, 0.29) is 6.61 Å². The van der Waals surface area contributed by atoms with Gasteiger partial charge in [0, 0.05) is 17.9 Å². The van der Waals surface area contributed by atoms with E-state index < -0.39 is 5.97 Å². The quantitative estimate of drug-likeness (QED) is 0.714. The van der Waals surface area contributed by atoms with Gasteiger partial charge in [0.2, 0.25) is 0 Å². The van der Waals surface area contributed by atoms with Gasteiger partial charge >= 0.3 is 5.97 Å². The zero-order valence-electron chi connectivity index (χ0n) is 5.78. The molecule has 1 aromatic heterocycles. The lowest BCUT2D eigenvalue weighted by Gasteiger charge is -1.94. The monoisotopic (exact) mass is 172 g/mol. The third kappa shape index (κ3) is 1.78. The molecule has 3 nitrogen and oxygen atoms in total. The van der Waals surface area contributed by atoms with E-state index in [9.17, 15) is 4.79 Å². The molecule has 0 saturated heterocycles. The molecule has 1 aromatic rings. The van der Waals surface area contributed by atoms with E-state index in [1.807, 2.05) is 0 Å². The minimum atomic E-state index is -0.922. The van der Waals surface area contributed by atoms with E-state index in [4.69, 9.17) is 10.2 Å². The lowest BCUT2D eigenvalue weighted by molar-refractivity contribution is 0.0696. The Morgan fingerprint density at radius 1 is 1.64 bits per heavy atom. The van der Waals surface area contributed by atoms with Crippen molar-refractivity contribution in [2.75, 3.05) is 6.61 Å². The van der Waals surface area contributed by atoms with Gasteiger partial charge in [-0.25, -0.2) is 4.79 Å². The zero-order valence-corrected chi connectivity index (χ0v) is 6.60. The number of hydrogen-bond donors (Lipinski definition) is 2. The summed E-state index contributed by atoms with van der Waals surface area (Å²) in [7, 11) is 0. The standard InChI is InChI=1S/C7H8O3S/c8-3-1-6-5(7(9)10)2-4-11-6/h2,4,8H,1,3H2,(H,9,10). The van der Waals surface area contributed by atoms with Crippen molar-refractivity contribution in [1.82, 2.24) is 0 Å². The average Bonchev–Trinajstić information content (AvgIpc) is 2.36. The summed E-state index contributed by atoms with van der Waals surface area (Å²) >= 11 is 1.36. The first-order valence-corrected chi connectivity index (χ1v) is 4.04. The van der Waals surface area contributed by atoms with E-state index in [0.29, 0.717) is 12.0 Å². The fourth-order valence-corrected chi connectivity index (χ4v) is 1.69. The molecule has 2 N–H and O–H groups in total. The van der Waals surface area contributed by atoms with Crippen LogP contribution >= 0.6 is 11.3 Å². The molecule has 0 amide bonds. The summed E-state index contributed by atoms with van der Waals surface area (Å²) in [6.45, 7) is 0.000787. The first-order chi connectivity index (χ1) is 5.25. The van der Waals surface area contributed by atoms with Gasteiger partial charge < -0.3 is 10.2 Å². The Kier molecular flexibility index (Phi) is 2.62. The predicted octanol–water partition coefficient (Wildman–Crippen LogP) is 0.981. The van der Waals surface area contributed by atoms with Crippen molar-refractivity contribution in [2.45, 2.75) is 6.42 Å². The van der Waals surface area contributed by atoms with Crippen LogP contribution in [-0.2, 0) is 6.42 Å². The first kappa shape index (κ1) is 8.23. The molecule has 4 heteroatoms. The third-order valence-corrected chi connectivity index (χ3v) is 2.30. The molecule has 0 aromatic carbocycles. The summed E-state index contributed by atoms with van der Waals surface area (Å²) in [4.78, 5) is 11.2. The number of carboxylic acid groups (broad SMARTS) is 1. The molecule has 0 radical (unpaired) electrons. The van der Waals surface area contributed by atoms with Gasteiger partial charge in [0.1, 0.15) is 0 Å². The Balaban J connectivity index is 2.87. The lowest BCUT2D eigenvalue weighted by atomic mass is 10.2. The van der Waals surface area contributed by atoms with Crippen LogP contribution in [0.1, 0.15) is 15.2 Å². The Labute approximate surface area is 67.9 Å². The van der Waals surface area contributed by atoms with Crippen molar-refractivity contribution >= 4 is 17.3 Å². The fourth-order valence-electron chi connectivity index (χ4n) is 0.826. The highest BCUT2D eigenvalue weighted by Gasteiger charge is 2.09. The van der Waals surface area contributed by atoms with Gasteiger partial charge in [-0.15, -0.1) is 11.3 Å². The van der Waals surface area contributed by atoms with E-state index in [1.54, 1.807) is 11.4 Å². The number of thiophene rings is 1. The van der Waals surface area contributed by atoms with Crippen molar-refractivity contribution in [3.8, 4) is 0 Å². The molecule has 1 rings (SSSR count). The summed E-state index contributed by atoms with van der Waals surface area (Å²) in [5.41, 5.74) is 0.309. The molecular formula is C7H8O3S. The Morgan fingerprint density at radius 2 is 2.36 bits per heavy atom. The second-order valence-electron chi connectivity index (χ2n) is 2.04. The van der Waals surface area contributed by atoms with Gasteiger partial charge in [-0.3, -0.25) is 0 Å². The summed E-state index contributed by atoms with van der Waals surface area (Å²) in [6, 6.07) is 1.55. The lowest BCUT2D eigenvalue weighted by Crippen LogP contribution is -1.99. The van der Waals surface area contributed by atoms with Gasteiger partial charge in [-0.2, -0.15) is 0 Å². The highest BCUT2D eigenvalue weighted by molar-refractivity contribution is 7.10. The van der Waals surface area contributed by atoms with Crippen molar-refractivity contribution in [1.29, 1.82) is 0 Å². The maximum Gasteiger partial charge on any atom is 0.336 e. The fraction of sp³-hybridized carbons (Fsp3) is 0.286. The Morgan fingerprint density at radius 3 is 2.91 bits per heavy atom. The van der Waals surface area contributed by atoms with Crippen LogP contribution in [-0.4, -0.2) is 22.8 Å². The number of aliphatic hydroxyl groups is 1. The van der Waals surface area contributed by atoms with Crippen LogP contribution in [0.3, 0.4) is 0 Å². The minimum absolute atomic E-state index is 0.000787. The summed E-state index contributed by atoms with van der Waals surface area (Å²) in [6.07, 6.45) is 0.430.